The third-order valence-electron chi connectivity index (χ3n) is 5.16. The zero-order valence-corrected chi connectivity index (χ0v) is 18.0. The van der Waals surface area contributed by atoms with Gasteiger partial charge in [-0.2, -0.15) is 5.10 Å². The summed E-state index contributed by atoms with van der Waals surface area (Å²) in [5.41, 5.74) is 3.60. The molecule has 3 aromatic rings. The highest BCUT2D eigenvalue weighted by Gasteiger charge is 2.41. The average molecular weight is 492 g/mol. The van der Waals surface area contributed by atoms with Gasteiger partial charge in [-0.15, -0.1) is 0 Å². The number of benzene rings is 3. The van der Waals surface area contributed by atoms with Crippen LogP contribution in [-0.4, -0.2) is 10.7 Å². The van der Waals surface area contributed by atoms with Crippen molar-refractivity contribution in [1.82, 2.24) is 5.01 Å². The van der Waals surface area contributed by atoms with Gasteiger partial charge in [0.05, 0.1) is 16.8 Å². The van der Waals surface area contributed by atoms with Crippen molar-refractivity contribution in [3.63, 3.8) is 0 Å². The Morgan fingerprint density at radius 2 is 1.79 bits per heavy atom. The summed E-state index contributed by atoms with van der Waals surface area (Å²) in [6, 6.07) is 17.7. The third-order valence-corrected chi connectivity index (χ3v) is 6.21. The van der Waals surface area contributed by atoms with E-state index >= 15 is 0 Å². The Morgan fingerprint density at radius 3 is 2.55 bits per heavy atom. The quantitative estimate of drug-likeness (QED) is 0.380. The molecule has 0 fully saturated rings. The standard InChI is InChI=1S/C22H14BrCl2FN2O/c23-13-3-8-21-17(9-13)20-11-19(12-1-5-15(26)6-2-12)27-28(20)22(29-21)16-7-4-14(24)10-18(16)25/h1-10,20,22H,11H2/t20-,22+/m1/s1. The zero-order valence-electron chi connectivity index (χ0n) is 14.9. The fraction of sp³-hybridized carbons (Fsp3) is 0.136. The van der Waals surface area contributed by atoms with Gasteiger partial charge in [0.1, 0.15) is 11.6 Å². The van der Waals surface area contributed by atoms with E-state index in [4.69, 9.17) is 33.0 Å². The number of nitrogens with zero attached hydrogens (tertiary/aromatic N) is 2. The molecule has 146 valence electrons. The highest BCUT2D eigenvalue weighted by Crippen LogP contribution is 2.49. The van der Waals surface area contributed by atoms with Gasteiger partial charge in [0.15, 0.2) is 0 Å². The predicted octanol–water partition coefficient (Wildman–Crippen LogP) is 7.14. The minimum Gasteiger partial charge on any atom is -0.464 e. The Balaban J connectivity index is 1.62. The first kappa shape index (κ1) is 18.9. The molecule has 0 radical (unpaired) electrons. The number of rotatable bonds is 2. The summed E-state index contributed by atoms with van der Waals surface area (Å²) in [6.45, 7) is 0. The number of hydrazone groups is 1. The second-order valence-corrected chi connectivity index (χ2v) is 8.73. The number of fused-ring (bicyclic) bond motifs is 3. The Kier molecular flexibility index (Phi) is 4.77. The molecule has 0 saturated carbocycles. The molecule has 7 heteroatoms. The first-order valence-electron chi connectivity index (χ1n) is 9.02. The number of halogens is 4. The van der Waals surface area contributed by atoms with E-state index in [1.165, 1.54) is 12.1 Å². The van der Waals surface area contributed by atoms with E-state index in [9.17, 15) is 4.39 Å². The van der Waals surface area contributed by atoms with Crippen LogP contribution in [0.15, 0.2) is 70.2 Å². The molecular weight excluding hydrogens is 478 g/mol. The smallest absolute Gasteiger partial charge is 0.215 e. The molecule has 0 amide bonds. The van der Waals surface area contributed by atoms with Crippen LogP contribution in [0.4, 0.5) is 4.39 Å². The molecule has 3 aromatic carbocycles. The van der Waals surface area contributed by atoms with Crippen LogP contribution in [0, 0.1) is 5.82 Å². The first-order chi connectivity index (χ1) is 14.0. The molecule has 0 aromatic heterocycles. The number of ether oxygens (including phenoxy) is 1. The van der Waals surface area contributed by atoms with Crippen LogP contribution in [0.1, 0.15) is 35.4 Å². The number of hydrogen-bond acceptors (Lipinski definition) is 3. The lowest BCUT2D eigenvalue weighted by Gasteiger charge is -2.38. The third kappa shape index (κ3) is 3.41. The predicted molar refractivity (Wildman–Crippen MR) is 116 cm³/mol. The lowest BCUT2D eigenvalue weighted by molar-refractivity contribution is -0.0190. The fourth-order valence-electron chi connectivity index (χ4n) is 3.78. The molecule has 0 N–H and O–H groups in total. The highest BCUT2D eigenvalue weighted by atomic mass is 79.9. The maximum absolute atomic E-state index is 13.4. The van der Waals surface area contributed by atoms with Crippen LogP contribution in [0.3, 0.4) is 0 Å². The molecule has 0 aliphatic carbocycles. The van der Waals surface area contributed by atoms with Crippen molar-refractivity contribution in [2.45, 2.75) is 18.7 Å². The Labute approximate surface area is 185 Å². The van der Waals surface area contributed by atoms with E-state index in [0.29, 0.717) is 16.5 Å². The van der Waals surface area contributed by atoms with Gasteiger partial charge in [-0.25, -0.2) is 9.40 Å². The highest BCUT2D eigenvalue weighted by molar-refractivity contribution is 9.10. The minimum absolute atomic E-state index is 0.0203. The van der Waals surface area contributed by atoms with Crippen LogP contribution >= 0.6 is 39.1 Å². The van der Waals surface area contributed by atoms with Gasteiger partial charge in [0.2, 0.25) is 6.23 Å². The molecule has 0 saturated heterocycles. The van der Waals surface area contributed by atoms with Crippen LogP contribution in [-0.2, 0) is 0 Å². The molecule has 0 bridgehead atoms. The molecule has 0 unspecified atom stereocenters. The van der Waals surface area contributed by atoms with Gasteiger partial charge < -0.3 is 4.74 Å². The van der Waals surface area contributed by atoms with E-state index in [0.717, 1.165) is 32.6 Å². The Morgan fingerprint density at radius 1 is 1.00 bits per heavy atom. The van der Waals surface area contributed by atoms with Gasteiger partial charge in [-0.05, 0) is 48.0 Å². The molecule has 2 heterocycles. The van der Waals surface area contributed by atoms with E-state index in [1.54, 1.807) is 24.3 Å². The summed E-state index contributed by atoms with van der Waals surface area (Å²) in [5.74, 6) is 0.523. The lowest BCUT2D eigenvalue weighted by atomic mass is 9.96. The van der Waals surface area contributed by atoms with Gasteiger partial charge >= 0.3 is 0 Å². The Bertz CT molecular complexity index is 1140. The van der Waals surface area contributed by atoms with Crippen molar-refractivity contribution in [3.8, 4) is 5.75 Å². The van der Waals surface area contributed by atoms with Gasteiger partial charge in [-0.3, -0.25) is 0 Å². The average Bonchev–Trinajstić information content (AvgIpc) is 3.14. The summed E-state index contributed by atoms with van der Waals surface area (Å²) in [5, 5.41) is 7.87. The largest absolute Gasteiger partial charge is 0.464 e. The second-order valence-electron chi connectivity index (χ2n) is 6.97. The SMILES string of the molecule is Fc1ccc(C2=NN3[C@H](C2)c2cc(Br)ccc2O[C@H]3c2ccc(Cl)cc2Cl)cc1. The minimum atomic E-state index is -0.489. The number of hydrogen-bond donors (Lipinski definition) is 0. The maximum Gasteiger partial charge on any atom is 0.215 e. The van der Waals surface area contributed by atoms with Crippen molar-refractivity contribution in [3.05, 3.63) is 97.7 Å². The maximum atomic E-state index is 13.4. The van der Waals surface area contributed by atoms with Crippen molar-refractivity contribution < 1.29 is 9.13 Å². The van der Waals surface area contributed by atoms with Crippen molar-refractivity contribution in [2.24, 2.45) is 5.10 Å². The van der Waals surface area contributed by atoms with E-state index in [-0.39, 0.29) is 11.9 Å². The zero-order chi connectivity index (χ0) is 20.1. The van der Waals surface area contributed by atoms with Crippen LogP contribution < -0.4 is 4.74 Å². The molecule has 2 aliphatic heterocycles. The second kappa shape index (κ2) is 7.31. The molecule has 2 atom stereocenters. The topological polar surface area (TPSA) is 24.8 Å². The lowest BCUT2D eigenvalue weighted by Crippen LogP contribution is -2.33. The molecule has 3 nitrogen and oxygen atoms in total. The molecule has 29 heavy (non-hydrogen) atoms. The van der Waals surface area contributed by atoms with E-state index in [2.05, 4.69) is 22.0 Å². The summed E-state index contributed by atoms with van der Waals surface area (Å²) in [7, 11) is 0. The van der Waals surface area contributed by atoms with Crippen LogP contribution in [0.25, 0.3) is 0 Å². The summed E-state index contributed by atoms with van der Waals surface area (Å²) < 4.78 is 20.7. The monoisotopic (exact) mass is 490 g/mol. The molecular formula is C22H14BrCl2FN2O. The normalized spacial score (nSPS) is 20.0. The molecule has 0 spiro atoms. The molecule has 2 aliphatic rings. The van der Waals surface area contributed by atoms with E-state index < -0.39 is 6.23 Å². The van der Waals surface area contributed by atoms with Gasteiger partial charge in [0.25, 0.3) is 0 Å². The Hall–Kier alpha value is -2.08. The van der Waals surface area contributed by atoms with Crippen molar-refractivity contribution >= 4 is 44.8 Å². The summed E-state index contributed by atoms with van der Waals surface area (Å²) in [6.07, 6.45) is 0.191. The molecule has 5 rings (SSSR count). The van der Waals surface area contributed by atoms with Crippen LogP contribution in [0.5, 0.6) is 5.75 Å². The summed E-state index contributed by atoms with van der Waals surface area (Å²) >= 11 is 16.1. The van der Waals surface area contributed by atoms with Gasteiger partial charge in [0, 0.05) is 27.0 Å². The van der Waals surface area contributed by atoms with E-state index in [1.807, 2.05) is 23.2 Å². The van der Waals surface area contributed by atoms with Crippen molar-refractivity contribution in [2.75, 3.05) is 0 Å². The van der Waals surface area contributed by atoms with Crippen LogP contribution in [0.2, 0.25) is 10.0 Å². The first-order valence-corrected chi connectivity index (χ1v) is 10.6. The fourth-order valence-corrected chi connectivity index (χ4v) is 4.66. The van der Waals surface area contributed by atoms with Gasteiger partial charge in [-0.1, -0.05) is 57.3 Å². The summed E-state index contributed by atoms with van der Waals surface area (Å²) in [4.78, 5) is 0. The van der Waals surface area contributed by atoms with Crippen molar-refractivity contribution in [1.29, 1.82) is 0 Å².